The zero-order valence-electron chi connectivity index (χ0n) is 21.9. The van der Waals surface area contributed by atoms with E-state index in [1.54, 1.807) is 24.3 Å². The number of carbonyl (C=O) groups is 1. The second-order valence-corrected chi connectivity index (χ2v) is 11.6. The van der Waals surface area contributed by atoms with E-state index in [1.807, 2.05) is 11.0 Å². The highest BCUT2D eigenvalue weighted by atomic mass is 35.5. The Labute approximate surface area is 244 Å². The van der Waals surface area contributed by atoms with E-state index in [0.29, 0.717) is 30.2 Å². The lowest BCUT2D eigenvalue weighted by Crippen LogP contribution is -2.34. The minimum atomic E-state index is -4.47. The molecule has 0 bridgehead atoms. The van der Waals surface area contributed by atoms with E-state index in [0.717, 1.165) is 57.6 Å². The summed E-state index contributed by atoms with van der Waals surface area (Å²) in [4.78, 5) is 16.9. The van der Waals surface area contributed by atoms with Crippen LogP contribution in [0.25, 0.3) is 0 Å². The second kappa shape index (κ2) is 13.8. The number of hydrogen-bond acceptors (Lipinski definition) is 6. The van der Waals surface area contributed by atoms with Gasteiger partial charge in [-0.15, -0.1) is 24.8 Å². The Balaban J connectivity index is 0.00000210. The van der Waals surface area contributed by atoms with Gasteiger partial charge in [-0.1, -0.05) is 48.6 Å². The minimum absolute atomic E-state index is 0. The van der Waals surface area contributed by atoms with Crippen LogP contribution in [0.15, 0.2) is 88.8 Å². The largest absolute Gasteiger partial charge is 0.369 e. The normalized spacial score (nSPS) is 21.1. The summed E-state index contributed by atoms with van der Waals surface area (Å²) in [5.41, 5.74) is 2.19. The summed E-state index contributed by atoms with van der Waals surface area (Å²) in [6, 6.07) is 10.5. The fraction of sp³-hybridized carbons (Fsp3) is 0.414. The molecule has 0 amide bonds. The Morgan fingerprint density at radius 2 is 1.87 bits per heavy atom. The van der Waals surface area contributed by atoms with E-state index < -0.39 is 10.1 Å². The van der Waals surface area contributed by atoms with E-state index in [2.05, 4.69) is 40.5 Å². The Morgan fingerprint density at radius 1 is 1.13 bits per heavy atom. The first-order chi connectivity index (χ1) is 17.9. The fourth-order valence-electron chi connectivity index (χ4n) is 5.75. The summed E-state index contributed by atoms with van der Waals surface area (Å²) >= 11 is 0. The maximum Gasteiger partial charge on any atom is 0.297 e. The van der Waals surface area contributed by atoms with Crippen LogP contribution >= 0.6 is 24.8 Å². The first-order valence-corrected chi connectivity index (χ1v) is 14.6. The molecule has 1 aromatic carbocycles. The number of nitrogens with one attached hydrogen (secondary N) is 1. The number of likely N-dealkylation sites (tertiary alicyclic amines) is 1. The number of nitrogens with zero attached hydrogens (tertiary/aromatic N) is 2. The van der Waals surface area contributed by atoms with Gasteiger partial charge in [0, 0.05) is 13.0 Å². The zero-order valence-corrected chi connectivity index (χ0v) is 24.3. The topological polar surface area (TPSA) is 89.9 Å². The Morgan fingerprint density at radius 3 is 2.59 bits per heavy atom. The summed E-state index contributed by atoms with van der Waals surface area (Å²) in [5, 5.41) is 3.25. The lowest BCUT2D eigenvalue weighted by Gasteiger charge is -2.33. The SMILES string of the molecule is Cl.Cl.O=C(/C=C/C1=CC2CNC3=CC=CC(=C1S(=O)(=O)O)N32)CCC1CCN(CCCc2ccccc2)CC1. The summed E-state index contributed by atoms with van der Waals surface area (Å²) in [5.74, 6) is 1.33. The van der Waals surface area contributed by atoms with Crippen LogP contribution in [0, 0.1) is 5.92 Å². The predicted octanol–water partition coefficient (Wildman–Crippen LogP) is 4.80. The molecule has 0 saturated carbocycles. The van der Waals surface area contributed by atoms with Crippen molar-refractivity contribution in [1.82, 2.24) is 15.1 Å². The molecule has 1 unspecified atom stereocenters. The predicted molar refractivity (Wildman–Crippen MR) is 159 cm³/mol. The quantitative estimate of drug-likeness (QED) is 0.297. The number of hydrogen-bond donors (Lipinski definition) is 2. The molecule has 4 aliphatic heterocycles. The lowest BCUT2D eigenvalue weighted by atomic mass is 9.91. The molecule has 1 aromatic rings. The maximum atomic E-state index is 12.7. The number of allylic oxidation sites excluding steroid dienone is 6. The molecule has 2 fully saturated rings. The van der Waals surface area contributed by atoms with Crippen LogP contribution in [0.4, 0.5) is 0 Å². The van der Waals surface area contributed by atoms with E-state index in [-0.39, 0.29) is 41.5 Å². The van der Waals surface area contributed by atoms with Crippen molar-refractivity contribution in [2.75, 3.05) is 26.2 Å². The van der Waals surface area contributed by atoms with Gasteiger partial charge in [-0.05, 0) is 87.0 Å². The van der Waals surface area contributed by atoms with E-state index in [9.17, 15) is 17.8 Å². The summed E-state index contributed by atoms with van der Waals surface area (Å²) in [6.07, 6.45) is 15.9. The van der Waals surface area contributed by atoms with Crippen molar-refractivity contribution in [3.63, 3.8) is 0 Å². The summed E-state index contributed by atoms with van der Waals surface area (Å²) in [7, 11) is -4.47. The van der Waals surface area contributed by atoms with Crippen molar-refractivity contribution in [2.45, 2.75) is 44.6 Å². The van der Waals surface area contributed by atoms with Crippen molar-refractivity contribution in [3.05, 3.63) is 94.3 Å². The standard InChI is InChI=1S/C29H35N3O4S.2ClH/c33-26(13-11-23-15-18-31(19-16-23)17-5-8-22-6-2-1-3-7-22)14-12-24-20-25-21-30-28-10-4-9-27(32(25)28)29(24)37(34,35)36;;/h1-4,6-7,9-10,12,14,20,23,25,30H,5,8,11,13,15-19,21H2,(H,34,35,36);2*1H/b14-12+;;. The molecule has 0 spiro atoms. The molecule has 0 aromatic heterocycles. The maximum absolute atomic E-state index is 12.7. The van der Waals surface area contributed by atoms with Crippen LogP contribution in [0.2, 0.25) is 0 Å². The third kappa shape index (κ3) is 7.64. The van der Waals surface area contributed by atoms with Crippen molar-refractivity contribution in [3.8, 4) is 0 Å². The van der Waals surface area contributed by atoms with Gasteiger partial charge in [-0.3, -0.25) is 9.35 Å². The third-order valence-corrected chi connectivity index (χ3v) is 8.67. The molecular weight excluding hydrogens is 557 g/mol. The number of carbonyl (C=O) groups excluding carboxylic acids is 1. The molecule has 4 heterocycles. The van der Waals surface area contributed by atoms with Gasteiger partial charge in [0.2, 0.25) is 0 Å². The number of halogens is 2. The van der Waals surface area contributed by atoms with Crippen LogP contribution in [-0.4, -0.2) is 60.8 Å². The molecule has 5 rings (SSSR count). The number of aryl methyl sites for hydroxylation is 1. The highest BCUT2D eigenvalue weighted by Crippen LogP contribution is 2.37. The lowest BCUT2D eigenvalue weighted by molar-refractivity contribution is -0.115. The average molecular weight is 595 g/mol. The van der Waals surface area contributed by atoms with Crippen molar-refractivity contribution in [1.29, 1.82) is 0 Å². The number of piperidine rings is 1. The smallest absolute Gasteiger partial charge is 0.297 e. The molecule has 0 radical (unpaired) electrons. The number of rotatable bonds is 10. The van der Waals surface area contributed by atoms with Gasteiger partial charge in [0.15, 0.2) is 5.78 Å². The average Bonchev–Trinajstić information content (AvgIpc) is 3.31. The van der Waals surface area contributed by atoms with Crippen LogP contribution in [0.3, 0.4) is 0 Å². The highest BCUT2D eigenvalue weighted by Gasteiger charge is 2.38. The van der Waals surface area contributed by atoms with E-state index >= 15 is 0 Å². The summed E-state index contributed by atoms with van der Waals surface area (Å²) < 4.78 is 34.5. The zero-order chi connectivity index (χ0) is 25.8. The van der Waals surface area contributed by atoms with Gasteiger partial charge < -0.3 is 15.1 Å². The first kappa shape index (κ1) is 31.2. The van der Waals surface area contributed by atoms with Crippen LogP contribution in [0.1, 0.15) is 37.7 Å². The van der Waals surface area contributed by atoms with Gasteiger partial charge in [0.05, 0.1) is 11.7 Å². The van der Waals surface area contributed by atoms with Crippen molar-refractivity contribution >= 4 is 40.7 Å². The van der Waals surface area contributed by atoms with Gasteiger partial charge in [-0.25, -0.2) is 0 Å². The Kier molecular flexibility index (Phi) is 11.0. The first-order valence-electron chi connectivity index (χ1n) is 13.2. The van der Waals surface area contributed by atoms with Crippen LogP contribution in [-0.2, 0) is 21.3 Å². The molecule has 4 aliphatic rings. The third-order valence-electron chi connectivity index (χ3n) is 7.71. The molecule has 7 nitrogen and oxygen atoms in total. The molecule has 0 aliphatic carbocycles. The second-order valence-electron chi connectivity index (χ2n) is 10.3. The van der Waals surface area contributed by atoms with Gasteiger partial charge in [0.25, 0.3) is 10.1 Å². The van der Waals surface area contributed by atoms with Gasteiger partial charge in [0.1, 0.15) is 10.7 Å². The molecule has 2 saturated heterocycles. The fourth-order valence-corrected chi connectivity index (χ4v) is 6.61. The molecular formula is C29H37Cl2N3O4S. The summed E-state index contributed by atoms with van der Waals surface area (Å²) in [6.45, 7) is 3.91. The minimum Gasteiger partial charge on any atom is -0.369 e. The molecule has 2 N–H and O–H groups in total. The monoisotopic (exact) mass is 593 g/mol. The van der Waals surface area contributed by atoms with E-state index in [4.69, 9.17) is 0 Å². The number of ketones is 1. The van der Waals surface area contributed by atoms with Crippen molar-refractivity contribution < 1.29 is 17.8 Å². The van der Waals surface area contributed by atoms with Gasteiger partial charge >= 0.3 is 0 Å². The van der Waals surface area contributed by atoms with Crippen LogP contribution in [0.5, 0.6) is 0 Å². The molecule has 39 heavy (non-hydrogen) atoms. The molecule has 10 heteroatoms. The highest BCUT2D eigenvalue weighted by molar-refractivity contribution is 7.90. The Bertz CT molecular complexity index is 1280. The molecule has 1 atom stereocenters. The number of benzene rings is 1. The van der Waals surface area contributed by atoms with Crippen molar-refractivity contribution in [2.24, 2.45) is 5.92 Å². The Hall–Kier alpha value is -2.36. The van der Waals surface area contributed by atoms with E-state index in [1.165, 1.54) is 11.6 Å². The van der Waals surface area contributed by atoms with Gasteiger partial charge in [-0.2, -0.15) is 8.42 Å². The molecule has 212 valence electrons. The van der Waals surface area contributed by atoms with Crippen LogP contribution < -0.4 is 5.32 Å².